The molecule has 2 aliphatic rings. The van der Waals surface area contributed by atoms with E-state index in [0.29, 0.717) is 5.70 Å². The smallest absolute Gasteiger partial charge is 0.319 e. The Morgan fingerprint density at radius 3 is 2.95 bits per heavy atom. The third-order valence-corrected chi connectivity index (χ3v) is 3.72. The molecular weight excluding hydrogens is 256 g/mol. The molecule has 20 heavy (non-hydrogen) atoms. The zero-order chi connectivity index (χ0) is 14.5. The summed E-state index contributed by atoms with van der Waals surface area (Å²) >= 11 is 0. The van der Waals surface area contributed by atoms with Gasteiger partial charge in [-0.05, 0) is 25.2 Å². The van der Waals surface area contributed by atoms with Gasteiger partial charge in [-0.2, -0.15) is 0 Å². The van der Waals surface area contributed by atoms with Gasteiger partial charge >= 0.3 is 12.0 Å². The number of carbonyl (C=O) groups is 2. The summed E-state index contributed by atoms with van der Waals surface area (Å²) in [6, 6.07) is -0.569. The molecule has 2 amide bonds. The molecule has 0 aromatic carbocycles. The summed E-state index contributed by atoms with van der Waals surface area (Å²) in [5, 5.41) is 5.42. The number of allylic oxidation sites excluding steroid dienone is 2. The van der Waals surface area contributed by atoms with Gasteiger partial charge in [0.2, 0.25) is 0 Å². The molecule has 1 aliphatic carbocycles. The number of hydrogen-bond acceptors (Lipinski definition) is 3. The fourth-order valence-corrected chi connectivity index (χ4v) is 2.76. The van der Waals surface area contributed by atoms with Crippen LogP contribution in [-0.2, 0) is 9.53 Å². The van der Waals surface area contributed by atoms with E-state index in [9.17, 15) is 9.59 Å². The normalized spacial score (nSPS) is 29.3. The second kappa shape index (κ2) is 6.41. The molecule has 0 spiro atoms. The maximum atomic E-state index is 12.2. The van der Waals surface area contributed by atoms with Gasteiger partial charge in [0.1, 0.15) is 12.5 Å². The van der Waals surface area contributed by atoms with Crippen LogP contribution in [0.4, 0.5) is 4.79 Å². The topological polar surface area (TPSA) is 67.4 Å². The average Bonchev–Trinajstić information content (AvgIpc) is 2.45. The highest BCUT2D eigenvalue weighted by Gasteiger charge is 2.41. The van der Waals surface area contributed by atoms with E-state index in [2.05, 4.69) is 35.9 Å². The number of esters is 1. The highest BCUT2D eigenvalue weighted by molar-refractivity contribution is 5.85. The van der Waals surface area contributed by atoms with Crippen LogP contribution in [-0.4, -0.2) is 24.6 Å². The van der Waals surface area contributed by atoms with Gasteiger partial charge < -0.3 is 15.4 Å². The van der Waals surface area contributed by atoms with Crippen molar-refractivity contribution in [3.8, 4) is 0 Å². The van der Waals surface area contributed by atoms with Crippen LogP contribution in [0, 0.1) is 11.8 Å². The lowest BCUT2D eigenvalue weighted by Gasteiger charge is -2.38. The Labute approximate surface area is 118 Å². The van der Waals surface area contributed by atoms with Crippen LogP contribution in [0.2, 0.25) is 0 Å². The Bertz CT molecular complexity index is 456. The van der Waals surface area contributed by atoms with E-state index in [1.807, 2.05) is 0 Å². The highest BCUT2D eigenvalue weighted by atomic mass is 16.5. The summed E-state index contributed by atoms with van der Waals surface area (Å²) in [6.45, 7) is 7.49. The number of ether oxygens (including phenoxy) is 1. The molecule has 1 fully saturated rings. The maximum absolute atomic E-state index is 12.2. The highest BCUT2D eigenvalue weighted by Crippen LogP contribution is 2.30. The number of nitrogens with one attached hydrogen (secondary N) is 2. The molecule has 5 heteroatoms. The fraction of sp³-hybridized carbons (Fsp3) is 0.467. The van der Waals surface area contributed by atoms with Crippen LogP contribution in [0.1, 0.15) is 19.3 Å². The molecular formula is C15H20N2O3. The van der Waals surface area contributed by atoms with E-state index in [1.165, 1.54) is 6.08 Å². The molecule has 2 N–H and O–H groups in total. The second-order valence-electron chi connectivity index (χ2n) is 5.09. The predicted octanol–water partition coefficient (Wildman–Crippen LogP) is 1.88. The van der Waals surface area contributed by atoms with Crippen LogP contribution < -0.4 is 10.6 Å². The van der Waals surface area contributed by atoms with Gasteiger partial charge in [0.15, 0.2) is 0 Å². The third kappa shape index (κ3) is 3.10. The van der Waals surface area contributed by atoms with Gasteiger partial charge in [-0.1, -0.05) is 31.4 Å². The van der Waals surface area contributed by atoms with Gasteiger partial charge in [-0.15, -0.1) is 0 Å². The molecule has 0 saturated carbocycles. The Morgan fingerprint density at radius 2 is 2.30 bits per heavy atom. The van der Waals surface area contributed by atoms with E-state index >= 15 is 0 Å². The Morgan fingerprint density at radius 1 is 1.50 bits per heavy atom. The van der Waals surface area contributed by atoms with Crippen LogP contribution in [0.3, 0.4) is 0 Å². The maximum Gasteiger partial charge on any atom is 0.319 e. The molecule has 1 aliphatic heterocycles. The summed E-state index contributed by atoms with van der Waals surface area (Å²) < 4.78 is 5.13. The summed E-state index contributed by atoms with van der Waals surface area (Å²) in [4.78, 5) is 23.8. The van der Waals surface area contributed by atoms with E-state index < -0.39 is 5.92 Å². The van der Waals surface area contributed by atoms with Crippen molar-refractivity contribution in [1.29, 1.82) is 0 Å². The van der Waals surface area contributed by atoms with Crippen molar-refractivity contribution < 1.29 is 14.3 Å². The summed E-state index contributed by atoms with van der Waals surface area (Å²) in [5.74, 6) is -0.699. The minimum absolute atomic E-state index is 0.161. The van der Waals surface area contributed by atoms with Crippen molar-refractivity contribution in [2.75, 3.05) is 6.61 Å². The van der Waals surface area contributed by atoms with Gasteiger partial charge in [0, 0.05) is 5.70 Å². The first-order valence-corrected chi connectivity index (χ1v) is 6.82. The van der Waals surface area contributed by atoms with Crippen LogP contribution in [0.5, 0.6) is 0 Å². The predicted molar refractivity (Wildman–Crippen MR) is 75.7 cm³/mol. The lowest BCUT2D eigenvalue weighted by molar-refractivity contribution is -0.147. The molecule has 108 valence electrons. The molecule has 0 bridgehead atoms. The Hall–Kier alpha value is -2.04. The average molecular weight is 276 g/mol. The minimum Gasteiger partial charge on any atom is -0.461 e. The first-order chi connectivity index (χ1) is 9.63. The number of hydrogen-bond donors (Lipinski definition) is 2. The molecule has 3 atom stereocenters. The SMILES string of the molecule is C=CCOC(=O)[C@H]1C(=C)NC(=O)N[C@@H]1[C@H]1CC=CCC1. The standard InChI is InChI=1S/C15H20N2O3/c1-3-9-20-14(18)12-10(2)16-15(19)17-13(12)11-7-5-4-6-8-11/h3-5,11-13H,1-2,6-9H2,(H2,16,17,19)/t11-,12-,13+/m0/s1. The van der Waals surface area contributed by atoms with E-state index in [1.54, 1.807) is 0 Å². The van der Waals surface area contributed by atoms with Crippen molar-refractivity contribution >= 4 is 12.0 Å². The molecule has 1 saturated heterocycles. The molecule has 2 rings (SSSR count). The van der Waals surface area contributed by atoms with Crippen LogP contribution in [0.25, 0.3) is 0 Å². The molecule has 5 nitrogen and oxygen atoms in total. The van der Waals surface area contributed by atoms with E-state index in [4.69, 9.17) is 4.74 Å². The zero-order valence-corrected chi connectivity index (χ0v) is 11.4. The summed E-state index contributed by atoms with van der Waals surface area (Å²) in [5.41, 5.74) is 0.405. The minimum atomic E-state index is -0.552. The Balaban J connectivity index is 2.16. The quantitative estimate of drug-likeness (QED) is 0.608. The summed E-state index contributed by atoms with van der Waals surface area (Å²) in [6.07, 6.45) is 8.50. The molecule has 0 radical (unpaired) electrons. The lowest BCUT2D eigenvalue weighted by Crippen LogP contribution is -2.58. The third-order valence-electron chi connectivity index (χ3n) is 3.72. The first kappa shape index (κ1) is 14.4. The molecule has 0 aromatic rings. The van der Waals surface area contributed by atoms with Crippen LogP contribution >= 0.6 is 0 Å². The van der Waals surface area contributed by atoms with Crippen molar-refractivity contribution in [3.63, 3.8) is 0 Å². The van der Waals surface area contributed by atoms with Gasteiger partial charge in [-0.3, -0.25) is 4.79 Å². The largest absolute Gasteiger partial charge is 0.461 e. The summed E-state index contributed by atoms with van der Waals surface area (Å²) in [7, 11) is 0. The monoisotopic (exact) mass is 276 g/mol. The Kier molecular flexibility index (Phi) is 4.61. The second-order valence-corrected chi connectivity index (χ2v) is 5.09. The first-order valence-electron chi connectivity index (χ1n) is 6.82. The van der Waals surface area contributed by atoms with Gasteiger partial charge in [0.25, 0.3) is 0 Å². The van der Waals surface area contributed by atoms with Crippen molar-refractivity contribution in [2.45, 2.75) is 25.3 Å². The molecule has 0 aromatic heterocycles. The zero-order valence-electron chi connectivity index (χ0n) is 11.4. The van der Waals surface area contributed by atoms with Crippen molar-refractivity contribution in [1.82, 2.24) is 10.6 Å². The van der Waals surface area contributed by atoms with Gasteiger partial charge in [-0.25, -0.2) is 4.79 Å². The fourth-order valence-electron chi connectivity index (χ4n) is 2.76. The van der Waals surface area contributed by atoms with E-state index in [-0.39, 0.29) is 30.6 Å². The van der Waals surface area contributed by atoms with Crippen LogP contribution in [0.15, 0.2) is 37.1 Å². The molecule has 1 heterocycles. The number of carbonyl (C=O) groups excluding carboxylic acids is 2. The number of urea groups is 1. The van der Waals surface area contributed by atoms with Crippen molar-refractivity contribution in [3.05, 3.63) is 37.1 Å². The van der Waals surface area contributed by atoms with Crippen molar-refractivity contribution in [2.24, 2.45) is 11.8 Å². The number of rotatable bonds is 4. The van der Waals surface area contributed by atoms with E-state index in [0.717, 1.165) is 19.3 Å². The molecule has 0 unspecified atom stereocenters. The van der Waals surface area contributed by atoms with Gasteiger partial charge in [0.05, 0.1) is 6.04 Å². The number of amides is 2. The lowest BCUT2D eigenvalue weighted by atomic mass is 9.79.